The average Bonchev–Trinajstić information content (AvgIpc) is 2.72. The van der Waals surface area contributed by atoms with Gasteiger partial charge in [-0.15, -0.1) is 0 Å². The molecule has 2 rings (SSSR count). The molecule has 0 saturated heterocycles. The van der Waals surface area contributed by atoms with Crippen molar-refractivity contribution in [3.05, 3.63) is 38.9 Å². The van der Waals surface area contributed by atoms with Gasteiger partial charge in [-0.2, -0.15) is 0 Å². The average molecular weight is 297 g/mol. The van der Waals surface area contributed by atoms with E-state index >= 15 is 0 Å². The molecule has 0 radical (unpaired) electrons. The molecule has 0 amide bonds. The van der Waals surface area contributed by atoms with Crippen LogP contribution >= 0.6 is 11.6 Å². The van der Waals surface area contributed by atoms with Gasteiger partial charge in [-0.1, -0.05) is 45.4 Å². The van der Waals surface area contributed by atoms with Gasteiger partial charge in [0.05, 0.1) is 15.5 Å². The minimum absolute atomic E-state index is 0.0827. The Bertz CT molecular complexity index is 527. The van der Waals surface area contributed by atoms with Crippen molar-refractivity contribution in [3.8, 4) is 0 Å². The van der Waals surface area contributed by atoms with Crippen molar-refractivity contribution in [2.75, 3.05) is 6.54 Å². The summed E-state index contributed by atoms with van der Waals surface area (Å²) < 4.78 is 0. The Morgan fingerprint density at radius 1 is 1.30 bits per heavy atom. The molecule has 5 heteroatoms. The van der Waals surface area contributed by atoms with Crippen molar-refractivity contribution >= 4 is 17.3 Å². The monoisotopic (exact) mass is 296 g/mol. The second kappa shape index (κ2) is 5.01. The van der Waals surface area contributed by atoms with Gasteiger partial charge in [0.1, 0.15) is 0 Å². The van der Waals surface area contributed by atoms with Crippen LogP contribution in [0.2, 0.25) is 5.02 Å². The zero-order valence-corrected chi connectivity index (χ0v) is 13.1. The molecule has 1 fully saturated rings. The summed E-state index contributed by atoms with van der Waals surface area (Å²) in [6.07, 6.45) is 0. The third-order valence-electron chi connectivity index (χ3n) is 5.26. The van der Waals surface area contributed by atoms with Gasteiger partial charge in [0.25, 0.3) is 5.69 Å². The predicted octanol–water partition coefficient (Wildman–Crippen LogP) is 4.02. The lowest BCUT2D eigenvalue weighted by molar-refractivity contribution is -0.385. The van der Waals surface area contributed by atoms with Crippen molar-refractivity contribution in [2.24, 2.45) is 16.7 Å². The maximum Gasteiger partial charge on any atom is 0.275 e. The smallest absolute Gasteiger partial charge is 0.275 e. The van der Waals surface area contributed by atoms with Crippen LogP contribution in [0.1, 0.15) is 33.3 Å². The highest BCUT2D eigenvalue weighted by Crippen LogP contribution is 2.67. The van der Waals surface area contributed by atoms with E-state index in [2.05, 4.69) is 33.0 Å². The Labute approximate surface area is 124 Å². The van der Waals surface area contributed by atoms with Crippen LogP contribution < -0.4 is 5.32 Å². The van der Waals surface area contributed by atoms with Gasteiger partial charge in [0.2, 0.25) is 0 Å². The minimum Gasteiger partial charge on any atom is -0.312 e. The number of benzene rings is 1. The molecule has 0 spiro atoms. The van der Waals surface area contributed by atoms with E-state index in [4.69, 9.17) is 11.6 Å². The first-order chi connectivity index (χ1) is 9.19. The third-order valence-corrected chi connectivity index (χ3v) is 5.61. The molecule has 1 aromatic rings. The van der Waals surface area contributed by atoms with Gasteiger partial charge in [0, 0.05) is 12.6 Å². The first-order valence-electron chi connectivity index (χ1n) is 6.82. The molecule has 20 heavy (non-hydrogen) atoms. The number of halogens is 1. The van der Waals surface area contributed by atoms with Gasteiger partial charge < -0.3 is 5.32 Å². The van der Waals surface area contributed by atoms with Crippen molar-refractivity contribution in [2.45, 2.75) is 34.2 Å². The van der Waals surface area contributed by atoms with Crippen LogP contribution in [0.4, 0.5) is 5.69 Å². The zero-order chi connectivity index (χ0) is 15.1. The standard InChI is InChI=1S/C15H21ClN2O2/c1-14(2)13(15(14,3)4)9-17-8-10-11(16)6-5-7-12(10)18(19)20/h5-7,13,17H,8-9H2,1-4H3. The lowest BCUT2D eigenvalue weighted by atomic mass is 10.0. The second-order valence-electron chi connectivity index (χ2n) is 6.62. The summed E-state index contributed by atoms with van der Waals surface area (Å²) in [6.45, 7) is 10.3. The van der Waals surface area contributed by atoms with Crippen molar-refractivity contribution in [1.29, 1.82) is 0 Å². The summed E-state index contributed by atoms with van der Waals surface area (Å²) in [5, 5.41) is 14.8. The largest absolute Gasteiger partial charge is 0.312 e. The summed E-state index contributed by atoms with van der Waals surface area (Å²) in [6, 6.07) is 4.79. The molecular formula is C15H21ClN2O2. The van der Waals surface area contributed by atoms with Crippen LogP contribution in [-0.4, -0.2) is 11.5 Å². The fraction of sp³-hybridized carbons (Fsp3) is 0.600. The zero-order valence-electron chi connectivity index (χ0n) is 12.4. The fourth-order valence-corrected chi connectivity index (χ4v) is 3.31. The van der Waals surface area contributed by atoms with E-state index in [1.807, 2.05) is 0 Å². The molecule has 1 aliphatic rings. The summed E-state index contributed by atoms with van der Waals surface area (Å²) in [7, 11) is 0. The van der Waals surface area contributed by atoms with Crippen LogP contribution in [0, 0.1) is 26.9 Å². The summed E-state index contributed by atoms with van der Waals surface area (Å²) >= 11 is 6.07. The Balaban J connectivity index is 2.01. The highest BCUT2D eigenvalue weighted by atomic mass is 35.5. The molecule has 4 nitrogen and oxygen atoms in total. The van der Waals surface area contributed by atoms with Crippen molar-refractivity contribution in [1.82, 2.24) is 5.32 Å². The highest BCUT2D eigenvalue weighted by Gasteiger charge is 2.63. The first kappa shape index (κ1) is 15.3. The Kier molecular flexibility index (Phi) is 3.82. The van der Waals surface area contributed by atoms with E-state index in [0.29, 0.717) is 33.9 Å². The summed E-state index contributed by atoms with van der Waals surface area (Å²) in [5.41, 5.74) is 1.27. The molecule has 1 aliphatic carbocycles. The molecule has 0 atom stereocenters. The van der Waals surface area contributed by atoms with E-state index < -0.39 is 0 Å². The summed E-state index contributed by atoms with van der Waals surface area (Å²) in [5.74, 6) is 0.580. The molecule has 0 aliphatic heterocycles. The number of nitro groups is 1. The molecule has 1 saturated carbocycles. The molecule has 1 aromatic carbocycles. The topological polar surface area (TPSA) is 55.2 Å². The number of rotatable bonds is 5. The molecule has 0 heterocycles. The Morgan fingerprint density at radius 2 is 1.90 bits per heavy atom. The highest BCUT2D eigenvalue weighted by molar-refractivity contribution is 6.31. The quantitative estimate of drug-likeness (QED) is 0.659. The maximum atomic E-state index is 11.0. The van der Waals surface area contributed by atoms with E-state index in [-0.39, 0.29) is 10.6 Å². The Morgan fingerprint density at radius 3 is 2.40 bits per heavy atom. The molecule has 0 aromatic heterocycles. The molecule has 0 bridgehead atoms. The number of hydrogen-bond donors (Lipinski definition) is 1. The van der Waals surface area contributed by atoms with Crippen LogP contribution in [0.15, 0.2) is 18.2 Å². The van der Waals surface area contributed by atoms with E-state index in [0.717, 1.165) is 6.54 Å². The minimum atomic E-state index is -0.381. The molecular weight excluding hydrogens is 276 g/mol. The van der Waals surface area contributed by atoms with Gasteiger partial charge >= 0.3 is 0 Å². The number of nitrogens with zero attached hydrogens (tertiary/aromatic N) is 1. The van der Waals surface area contributed by atoms with E-state index in [1.54, 1.807) is 12.1 Å². The normalized spacial score (nSPS) is 19.9. The van der Waals surface area contributed by atoms with Crippen LogP contribution in [0.5, 0.6) is 0 Å². The maximum absolute atomic E-state index is 11.0. The third kappa shape index (κ3) is 2.42. The SMILES string of the molecule is CC1(C)C(CNCc2c(Cl)cccc2[N+](=O)[O-])C1(C)C. The molecule has 0 unspecified atom stereocenters. The van der Waals surface area contributed by atoms with E-state index in [1.165, 1.54) is 6.07 Å². The first-order valence-corrected chi connectivity index (χ1v) is 7.20. The molecule has 110 valence electrons. The number of hydrogen-bond acceptors (Lipinski definition) is 3. The predicted molar refractivity (Wildman–Crippen MR) is 80.9 cm³/mol. The summed E-state index contributed by atoms with van der Waals surface area (Å²) in [4.78, 5) is 10.6. The van der Waals surface area contributed by atoms with Crippen molar-refractivity contribution in [3.63, 3.8) is 0 Å². The Hall–Kier alpha value is -1.13. The lowest BCUT2D eigenvalue weighted by Crippen LogP contribution is -2.19. The van der Waals surface area contributed by atoms with Crippen molar-refractivity contribution < 1.29 is 4.92 Å². The van der Waals surface area contributed by atoms with Gasteiger partial charge in [-0.05, 0) is 29.4 Å². The van der Waals surface area contributed by atoms with Gasteiger partial charge in [-0.25, -0.2) is 0 Å². The number of nitro benzene ring substituents is 1. The number of nitrogens with one attached hydrogen (secondary N) is 1. The molecule has 1 N–H and O–H groups in total. The van der Waals surface area contributed by atoms with Crippen LogP contribution in [-0.2, 0) is 6.54 Å². The van der Waals surface area contributed by atoms with E-state index in [9.17, 15) is 10.1 Å². The fourth-order valence-electron chi connectivity index (χ4n) is 3.08. The van der Waals surface area contributed by atoms with Gasteiger partial charge in [-0.3, -0.25) is 10.1 Å². The second-order valence-corrected chi connectivity index (χ2v) is 7.03. The van der Waals surface area contributed by atoms with Crippen LogP contribution in [0.25, 0.3) is 0 Å². The van der Waals surface area contributed by atoms with Gasteiger partial charge in [0.15, 0.2) is 0 Å². The van der Waals surface area contributed by atoms with Crippen LogP contribution in [0.3, 0.4) is 0 Å². The lowest BCUT2D eigenvalue weighted by Gasteiger charge is -2.08.